The van der Waals surface area contributed by atoms with E-state index in [0.717, 1.165) is 11.3 Å². The molecular weight excluding hydrogens is 327 g/mol. The van der Waals surface area contributed by atoms with Crippen LogP contribution in [0.2, 0.25) is 5.02 Å². The fourth-order valence-electron chi connectivity index (χ4n) is 1.52. The molecule has 0 spiro atoms. The molecule has 4 nitrogen and oxygen atoms in total. The summed E-state index contributed by atoms with van der Waals surface area (Å²) in [6.07, 6.45) is -1.49. The van der Waals surface area contributed by atoms with Crippen LogP contribution < -0.4 is 5.32 Å². The van der Waals surface area contributed by atoms with Crippen LogP contribution in [0.3, 0.4) is 0 Å². The summed E-state index contributed by atoms with van der Waals surface area (Å²) in [5, 5.41) is 2.70. The minimum absolute atomic E-state index is 0.134. The number of amides is 1. The van der Waals surface area contributed by atoms with E-state index in [1.54, 1.807) is 13.0 Å². The second-order valence-electron chi connectivity index (χ2n) is 4.12. The molecule has 0 aliphatic heterocycles. The van der Waals surface area contributed by atoms with Gasteiger partial charge in [-0.05, 0) is 13.0 Å². The van der Waals surface area contributed by atoms with E-state index >= 15 is 0 Å². The number of carbonyl (C=O) groups excluding carboxylic acids is 1. The number of alkyl halides is 3. The van der Waals surface area contributed by atoms with Gasteiger partial charge in [0.15, 0.2) is 0 Å². The van der Waals surface area contributed by atoms with E-state index < -0.39 is 18.6 Å². The Kier molecular flexibility index (Phi) is 4.48. The first-order valence-corrected chi connectivity index (χ1v) is 6.89. The monoisotopic (exact) mass is 335 g/mol. The summed E-state index contributed by atoms with van der Waals surface area (Å²) in [6.45, 7) is 0.178. The molecule has 0 radical (unpaired) electrons. The molecule has 9 heteroatoms. The lowest BCUT2D eigenvalue weighted by atomic mass is 10.3. The number of aryl methyl sites for hydroxylation is 1. The molecule has 2 aromatic heterocycles. The first-order valence-electron chi connectivity index (χ1n) is 5.69. The Balaban J connectivity index is 2.21. The number of thiazole rings is 1. The molecule has 0 bridgehead atoms. The maximum Gasteiger partial charge on any atom is 0.405 e. The second-order valence-corrected chi connectivity index (χ2v) is 5.56. The molecule has 0 fully saturated rings. The third-order valence-electron chi connectivity index (χ3n) is 2.40. The van der Waals surface area contributed by atoms with Crippen LogP contribution in [0.5, 0.6) is 0 Å². The number of halogens is 4. The van der Waals surface area contributed by atoms with Gasteiger partial charge in [0.25, 0.3) is 5.91 Å². The molecule has 0 saturated heterocycles. The topological polar surface area (TPSA) is 54.9 Å². The molecule has 0 aromatic carbocycles. The molecule has 2 aromatic rings. The summed E-state index contributed by atoms with van der Waals surface area (Å²) < 4.78 is 36.3. The normalized spacial score (nSPS) is 11.5. The minimum Gasteiger partial charge on any atom is -0.342 e. The standard InChI is InChI=1S/C12H9ClF3N3OS/c1-6-9(10(20)18-5-12(14,15)16)21-11(19-6)7-2-8(13)4-17-3-7/h2-4H,5H2,1H3,(H,18,20). The first-order chi connectivity index (χ1) is 9.76. The van der Waals surface area contributed by atoms with Crippen molar-refractivity contribution in [3.05, 3.63) is 34.1 Å². The van der Waals surface area contributed by atoms with E-state index in [2.05, 4.69) is 9.97 Å². The molecule has 112 valence electrons. The summed E-state index contributed by atoms with van der Waals surface area (Å²) in [6, 6.07) is 1.62. The Morgan fingerprint density at radius 1 is 1.43 bits per heavy atom. The van der Waals surface area contributed by atoms with Gasteiger partial charge >= 0.3 is 6.18 Å². The number of carbonyl (C=O) groups is 1. The minimum atomic E-state index is -4.45. The van der Waals surface area contributed by atoms with Gasteiger partial charge in [0.1, 0.15) is 16.4 Å². The predicted molar refractivity (Wildman–Crippen MR) is 73.5 cm³/mol. The largest absolute Gasteiger partial charge is 0.405 e. The van der Waals surface area contributed by atoms with Gasteiger partial charge in [0.2, 0.25) is 0 Å². The number of nitrogens with zero attached hydrogens (tertiary/aromatic N) is 2. The Morgan fingerprint density at radius 2 is 2.14 bits per heavy atom. The molecule has 0 saturated carbocycles. The SMILES string of the molecule is Cc1nc(-c2cncc(Cl)c2)sc1C(=O)NCC(F)(F)F. The molecule has 0 atom stereocenters. The molecule has 0 aliphatic carbocycles. The smallest absolute Gasteiger partial charge is 0.342 e. The van der Waals surface area contributed by atoms with Crippen LogP contribution in [0.15, 0.2) is 18.5 Å². The number of hydrogen-bond donors (Lipinski definition) is 1. The van der Waals surface area contributed by atoms with Gasteiger partial charge in [0, 0.05) is 18.0 Å². The van der Waals surface area contributed by atoms with Crippen LogP contribution in [0.4, 0.5) is 13.2 Å². The van der Waals surface area contributed by atoms with Crippen LogP contribution in [0.25, 0.3) is 10.6 Å². The zero-order valence-electron chi connectivity index (χ0n) is 10.7. The number of aromatic nitrogens is 2. The molecule has 2 rings (SSSR count). The van der Waals surface area contributed by atoms with Crippen molar-refractivity contribution in [2.45, 2.75) is 13.1 Å². The predicted octanol–water partition coefficient (Wildman–Crippen LogP) is 3.46. The van der Waals surface area contributed by atoms with Crippen molar-refractivity contribution in [2.75, 3.05) is 6.54 Å². The van der Waals surface area contributed by atoms with Gasteiger partial charge in [-0.25, -0.2) is 4.98 Å². The van der Waals surface area contributed by atoms with Gasteiger partial charge in [-0.1, -0.05) is 11.6 Å². The number of hydrogen-bond acceptors (Lipinski definition) is 4. The van der Waals surface area contributed by atoms with Gasteiger partial charge in [0.05, 0.1) is 10.7 Å². The zero-order chi connectivity index (χ0) is 15.6. The lowest BCUT2D eigenvalue weighted by molar-refractivity contribution is -0.123. The van der Waals surface area contributed by atoms with Crippen LogP contribution in [0, 0.1) is 6.92 Å². The van der Waals surface area contributed by atoms with Crippen molar-refractivity contribution >= 4 is 28.8 Å². The van der Waals surface area contributed by atoms with E-state index in [4.69, 9.17) is 11.6 Å². The summed E-state index contributed by atoms with van der Waals surface area (Å²) in [4.78, 5) is 19.9. The van der Waals surface area contributed by atoms with Crippen molar-refractivity contribution in [2.24, 2.45) is 0 Å². The Bertz CT molecular complexity index is 672. The van der Waals surface area contributed by atoms with Crippen LogP contribution >= 0.6 is 22.9 Å². The number of rotatable bonds is 3. The maximum absolute atomic E-state index is 12.1. The van der Waals surface area contributed by atoms with Crippen molar-refractivity contribution in [3.8, 4) is 10.6 Å². The van der Waals surface area contributed by atoms with Crippen molar-refractivity contribution < 1.29 is 18.0 Å². The average molecular weight is 336 g/mol. The van der Waals surface area contributed by atoms with E-state index in [-0.39, 0.29) is 4.88 Å². The fraction of sp³-hybridized carbons (Fsp3) is 0.250. The van der Waals surface area contributed by atoms with E-state index in [1.165, 1.54) is 12.4 Å². The lowest BCUT2D eigenvalue weighted by Gasteiger charge is -2.07. The summed E-state index contributed by atoms with van der Waals surface area (Å²) >= 11 is 6.80. The Hall–Kier alpha value is -1.67. The quantitative estimate of drug-likeness (QED) is 0.934. The van der Waals surface area contributed by atoms with Crippen molar-refractivity contribution in [1.29, 1.82) is 0 Å². The van der Waals surface area contributed by atoms with Crippen molar-refractivity contribution in [1.82, 2.24) is 15.3 Å². The third-order valence-corrected chi connectivity index (χ3v) is 3.82. The molecule has 21 heavy (non-hydrogen) atoms. The highest BCUT2D eigenvalue weighted by Crippen LogP contribution is 2.28. The fourth-order valence-corrected chi connectivity index (χ4v) is 2.66. The summed E-state index contributed by atoms with van der Waals surface area (Å²) in [7, 11) is 0. The van der Waals surface area contributed by atoms with Gasteiger partial charge < -0.3 is 5.32 Å². The van der Waals surface area contributed by atoms with Crippen molar-refractivity contribution in [3.63, 3.8) is 0 Å². The molecular formula is C12H9ClF3N3OS. The zero-order valence-corrected chi connectivity index (χ0v) is 12.2. The Labute approximate surface area is 127 Å². The number of nitrogens with one attached hydrogen (secondary N) is 1. The second kappa shape index (κ2) is 5.98. The third kappa shape index (κ3) is 4.15. The summed E-state index contributed by atoms with van der Waals surface area (Å²) in [5.41, 5.74) is 0.958. The van der Waals surface area contributed by atoms with Gasteiger partial charge in [-0.15, -0.1) is 11.3 Å². The first kappa shape index (κ1) is 15.7. The molecule has 1 N–H and O–H groups in total. The molecule has 0 unspecified atom stereocenters. The molecule has 2 heterocycles. The highest BCUT2D eigenvalue weighted by Gasteiger charge is 2.28. The van der Waals surface area contributed by atoms with E-state index in [1.807, 2.05) is 5.32 Å². The average Bonchev–Trinajstić information content (AvgIpc) is 2.77. The van der Waals surface area contributed by atoms with Crippen LogP contribution in [-0.4, -0.2) is 28.6 Å². The number of pyridine rings is 1. The maximum atomic E-state index is 12.1. The molecule has 1 amide bonds. The lowest BCUT2D eigenvalue weighted by Crippen LogP contribution is -2.33. The van der Waals surface area contributed by atoms with Crippen LogP contribution in [0.1, 0.15) is 15.4 Å². The summed E-state index contributed by atoms with van der Waals surface area (Å²) in [5.74, 6) is -0.802. The van der Waals surface area contributed by atoms with Crippen LogP contribution in [-0.2, 0) is 0 Å². The highest BCUT2D eigenvalue weighted by molar-refractivity contribution is 7.17. The van der Waals surface area contributed by atoms with E-state index in [9.17, 15) is 18.0 Å². The Morgan fingerprint density at radius 3 is 2.76 bits per heavy atom. The van der Waals surface area contributed by atoms with Gasteiger partial charge in [-0.3, -0.25) is 9.78 Å². The highest BCUT2D eigenvalue weighted by atomic mass is 35.5. The van der Waals surface area contributed by atoms with E-state index in [0.29, 0.717) is 21.3 Å². The molecule has 0 aliphatic rings. The van der Waals surface area contributed by atoms with Gasteiger partial charge in [-0.2, -0.15) is 13.2 Å².